The molecule has 0 N–H and O–H groups in total. The van der Waals surface area contributed by atoms with E-state index in [-0.39, 0.29) is 10.6 Å². The van der Waals surface area contributed by atoms with Crippen LogP contribution in [0.1, 0.15) is 0 Å². The standard InChI is InChI=1S/C17H17N7O2/c25-24(26)16-8-6-14(7-9-16)21-10-12-22(13-11-21)17-18-19-20-23(17)15-4-2-1-3-5-15/h1-9H,10-13H2. The third-order valence-corrected chi connectivity index (χ3v) is 4.44. The Hall–Kier alpha value is -3.49. The average molecular weight is 351 g/mol. The van der Waals surface area contributed by atoms with Crippen LogP contribution in [-0.4, -0.2) is 51.3 Å². The Kier molecular flexibility index (Phi) is 4.18. The molecule has 132 valence electrons. The molecule has 1 aliphatic heterocycles. The fourth-order valence-electron chi connectivity index (χ4n) is 3.07. The van der Waals surface area contributed by atoms with Crippen molar-refractivity contribution in [2.45, 2.75) is 0 Å². The van der Waals surface area contributed by atoms with Gasteiger partial charge in [0.2, 0.25) is 5.95 Å². The molecule has 0 atom stereocenters. The molecule has 1 aromatic heterocycles. The first-order valence-electron chi connectivity index (χ1n) is 8.30. The predicted octanol–water partition coefficient (Wildman–Crippen LogP) is 1.90. The van der Waals surface area contributed by atoms with Crippen molar-refractivity contribution in [3.05, 3.63) is 64.7 Å². The normalized spacial score (nSPS) is 14.5. The number of nitro benzene ring substituents is 1. The van der Waals surface area contributed by atoms with Gasteiger partial charge in [-0.05, 0) is 34.7 Å². The molecule has 0 aliphatic carbocycles. The van der Waals surface area contributed by atoms with Gasteiger partial charge in [-0.15, -0.1) is 0 Å². The maximum Gasteiger partial charge on any atom is 0.269 e. The summed E-state index contributed by atoms with van der Waals surface area (Å²) in [5.41, 5.74) is 2.01. The van der Waals surface area contributed by atoms with Gasteiger partial charge in [-0.25, -0.2) is 0 Å². The summed E-state index contributed by atoms with van der Waals surface area (Å²) in [5.74, 6) is 0.722. The van der Waals surface area contributed by atoms with Gasteiger partial charge < -0.3 is 9.80 Å². The van der Waals surface area contributed by atoms with Gasteiger partial charge in [0.25, 0.3) is 5.69 Å². The number of hydrogen-bond acceptors (Lipinski definition) is 7. The van der Waals surface area contributed by atoms with Crippen molar-refractivity contribution in [3.63, 3.8) is 0 Å². The van der Waals surface area contributed by atoms with E-state index in [9.17, 15) is 10.1 Å². The van der Waals surface area contributed by atoms with E-state index >= 15 is 0 Å². The number of piperazine rings is 1. The lowest BCUT2D eigenvalue weighted by molar-refractivity contribution is -0.384. The summed E-state index contributed by atoms with van der Waals surface area (Å²) < 4.78 is 1.74. The molecule has 2 heterocycles. The Morgan fingerprint density at radius 2 is 1.50 bits per heavy atom. The van der Waals surface area contributed by atoms with Crippen molar-refractivity contribution in [1.82, 2.24) is 20.2 Å². The van der Waals surface area contributed by atoms with Crippen molar-refractivity contribution in [3.8, 4) is 5.69 Å². The highest BCUT2D eigenvalue weighted by molar-refractivity contribution is 5.52. The average Bonchev–Trinajstić information content (AvgIpc) is 3.19. The van der Waals surface area contributed by atoms with Crippen LogP contribution in [-0.2, 0) is 0 Å². The highest BCUT2D eigenvalue weighted by atomic mass is 16.6. The van der Waals surface area contributed by atoms with E-state index in [4.69, 9.17) is 0 Å². The number of non-ortho nitro benzene ring substituents is 1. The first-order valence-corrected chi connectivity index (χ1v) is 8.30. The monoisotopic (exact) mass is 351 g/mol. The van der Waals surface area contributed by atoms with Crippen molar-refractivity contribution in [2.24, 2.45) is 0 Å². The van der Waals surface area contributed by atoms with Crippen molar-refractivity contribution in [1.29, 1.82) is 0 Å². The van der Waals surface area contributed by atoms with Gasteiger partial charge in [-0.3, -0.25) is 10.1 Å². The summed E-state index contributed by atoms with van der Waals surface area (Å²) in [4.78, 5) is 14.7. The van der Waals surface area contributed by atoms with E-state index < -0.39 is 0 Å². The van der Waals surface area contributed by atoms with Crippen LogP contribution in [0.2, 0.25) is 0 Å². The second-order valence-corrected chi connectivity index (χ2v) is 5.97. The van der Waals surface area contributed by atoms with Crippen molar-refractivity contribution >= 4 is 17.3 Å². The fraction of sp³-hybridized carbons (Fsp3) is 0.235. The summed E-state index contributed by atoms with van der Waals surface area (Å²) >= 11 is 0. The lowest BCUT2D eigenvalue weighted by Crippen LogP contribution is -2.47. The van der Waals surface area contributed by atoms with Crippen molar-refractivity contribution in [2.75, 3.05) is 36.0 Å². The highest BCUT2D eigenvalue weighted by Gasteiger charge is 2.22. The van der Waals surface area contributed by atoms with Crippen LogP contribution < -0.4 is 9.80 Å². The zero-order chi connectivity index (χ0) is 17.9. The molecule has 9 heteroatoms. The van der Waals surface area contributed by atoms with E-state index in [1.54, 1.807) is 16.8 Å². The van der Waals surface area contributed by atoms with Crippen LogP contribution in [0, 0.1) is 10.1 Å². The van der Waals surface area contributed by atoms with E-state index in [2.05, 4.69) is 25.3 Å². The molecule has 0 saturated carbocycles. The topological polar surface area (TPSA) is 93.2 Å². The second-order valence-electron chi connectivity index (χ2n) is 5.97. The molecule has 1 aliphatic rings. The van der Waals surface area contributed by atoms with Crippen LogP contribution >= 0.6 is 0 Å². The van der Waals surface area contributed by atoms with Crippen LogP contribution in [0.15, 0.2) is 54.6 Å². The molecule has 26 heavy (non-hydrogen) atoms. The smallest absolute Gasteiger partial charge is 0.269 e. The number of hydrogen-bond donors (Lipinski definition) is 0. The molecule has 0 amide bonds. The van der Waals surface area contributed by atoms with E-state index in [0.717, 1.165) is 43.5 Å². The highest BCUT2D eigenvalue weighted by Crippen LogP contribution is 2.22. The Morgan fingerprint density at radius 3 is 2.15 bits per heavy atom. The van der Waals surface area contributed by atoms with Gasteiger partial charge in [0, 0.05) is 44.0 Å². The van der Waals surface area contributed by atoms with Crippen molar-refractivity contribution < 1.29 is 4.92 Å². The molecule has 1 fully saturated rings. The van der Waals surface area contributed by atoms with E-state index in [1.165, 1.54) is 12.1 Å². The molecular formula is C17H17N7O2. The Morgan fingerprint density at radius 1 is 0.846 bits per heavy atom. The second kappa shape index (κ2) is 6.79. The third-order valence-electron chi connectivity index (χ3n) is 4.44. The molecule has 0 spiro atoms. The maximum absolute atomic E-state index is 10.8. The predicted molar refractivity (Wildman–Crippen MR) is 96.7 cm³/mol. The van der Waals surface area contributed by atoms with Crippen LogP contribution in [0.3, 0.4) is 0 Å². The molecule has 1 saturated heterocycles. The summed E-state index contributed by atoms with van der Waals surface area (Å²) in [6.07, 6.45) is 0. The lowest BCUT2D eigenvalue weighted by atomic mass is 10.2. The summed E-state index contributed by atoms with van der Waals surface area (Å²) in [6.45, 7) is 3.12. The first kappa shape index (κ1) is 16.0. The molecule has 2 aromatic carbocycles. The number of anilines is 2. The van der Waals surface area contributed by atoms with Gasteiger partial charge in [0.15, 0.2) is 0 Å². The molecule has 0 radical (unpaired) electrons. The Balaban J connectivity index is 1.46. The number of tetrazole rings is 1. The minimum Gasteiger partial charge on any atom is -0.368 e. The summed E-state index contributed by atoms with van der Waals surface area (Å²) in [5, 5.41) is 22.9. The summed E-state index contributed by atoms with van der Waals surface area (Å²) in [6, 6.07) is 16.5. The summed E-state index contributed by atoms with van der Waals surface area (Å²) in [7, 11) is 0. The zero-order valence-electron chi connectivity index (χ0n) is 14.0. The van der Waals surface area contributed by atoms with Gasteiger partial charge in [0.05, 0.1) is 10.6 Å². The van der Waals surface area contributed by atoms with Gasteiger partial charge in [-0.1, -0.05) is 23.3 Å². The molecular weight excluding hydrogens is 334 g/mol. The number of aromatic nitrogens is 4. The largest absolute Gasteiger partial charge is 0.368 e. The van der Waals surface area contributed by atoms with Crippen LogP contribution in [0.5, 0.6) is 0 Å². The molecule has 9 nitrogen and oxygen atoms in total. The molecule has 0 unspecified atom stereocenters. The Labute approximate surface area is 149 Å². The van der Waals surface area contributed by atoms with Crippen LogP contribution in [0.25, 0.3) is 5.69 Å². The van der Waals surface area contributed by atoms with Gasteiger partial charge in [0.1, 0.15) is 0 Å². The van der Waals surface area contributed by atoms with Crippen LogP contribution in [0.4, 0.5) is 17.3 Å². The van der Waals surface area contributed by atoms with E-state index in [1.807, 2.05) is 30.3 Å². The molecule has 0 bridgehead atoms. The SMILES string of the molecule is O=[N+]([O-])c1ccc(N2CCN(c3nnnn3-c3ccccc3)CC2)cc1. The third kappa shape index (κ3) is 3.06. The minimum absolute atomic E-state index is 0.106. The number of rotatable bonds is 4. The first-order chi connectivity index (χ1) is 12.7. The number of benzene rings is 2. The number of para-hydroxylation sites is 1. The molecule has 3 aromatic rings. The number of nitro groups is 1. The quantitative estimate of drug-likeness (QED) is 0.523. The minimum atomic E-state index is -0.384. The fourth-order valence-corrected chi connectivity index (χ4v) is 3.07. The number of nitrogens with zero attached hydrogens (tertiary/aromatic N) is 7. The zero-order valence-corrected chi connectivity index (χ0v) is 14.0. The van der Waals surface area contributed by atoms with Gasteiger partial charge >= 0.3 is 0 Å². The van der Waals surface area contributed by atoms with Gasteiger partial charge in [-0.2, -0.15) is 4.68 Å². The Bertz CT molecular complexity index is 887. The molecule has 4 rings (SSSR count). The lowest BCUT2D eigenvalue weighted by Gasteiger charge is -2.36. The maximum atomic E-state index is 10.8. The van der Waals surface area contributed by atoms with E-state index in [0.29, 0.717) is 0 Å².